The smallest absolute Gasteiger partial charge is 0.135 e. The van der Waals surface area contributed by atoms with Crippen molar-refractivity contribution in [3.05, 3.63) is 77.4 Å². The van der Waals surface area contributed by atoms with E-state index in [9.17, 15) is 4.39 Å². The summed E-state index contributed by atoms with van der Waals surface area (Å²) in [7, 11) is 1.64. The third kappa shape index (κ3) is 3.23. The first-order valence-electron chi connectivity index (χ1n) is 9.67. The Labute approximate surface area is 172 Å². The maximum atomic E-state index is 13.3. The van der Waals surface area contributed by atoms with Gasteiger partial charge in [0.1, 0.15) is 23.4 Å². The third-order valence-electron chi connectivity index (χ3n) is 5.24. The molecule has 1 atom stereocenters. The predicted molar refractivity (Wildman–Crippen MR) is 115 cm³/mol. The van der Waals surface area contributed by atoms with Gasteiger partial charge in [-0.1, -0.05) is 12.1 Å². The summed E-state index contributed by atoms with van der Waals surface area (Å²) in [6.07, 6.45) is 1.79. The fraction of sp³-hybridized carbons (Fsp3) is 0.174. The van der Waals surface area contributed by atoms with Crippen molar-refractivity contribution < 1.29 is 9.13 Å². The van der Waals surface area contributed by atoms with E-state index in [0.717, 1.165) is 50.5 Å². The Morgan fingerprint density at radius 1 is 1.13 bits per heavy atom. The summed E-state index contributed by atoms with van der Waals surface area (Å²) in [5.74, 6) is 0.521. The lowest BCUT2D eigenvalue weighted by Crippen LogP contribution is -2.27. The zero-order valence-electron chi connectivity index (χ0n) is 16.6. The molecule has 2 aromatic heterocycles. The van der Waals surface area contributed by atoms with E-state index in [2.05, 4.69) is 26.6 Å². The van der Waals surface area contributed by atoms with Gasteiger partial charge in [-0.05, 0) is 48.9 Å². The van der Waals surface area contributed by atoms with Crippen molar-refractivity contribution in [2.24, 2.45) is 4.99 Å². The number of halogens is 1. The van der Waals surface area contributed by atoms with Gasteiger partial charge in [0, 0.05) is 35.5 Å². The van der Waals surface area contributed by atoms with E-state index >= 15 is 0 Å². The molecule has 0 aliphatic carbocycles. The molecule has 6 nitrogen and oxygen atoms in total. The average Bonchev–Trinajstić information content (AvgIpc) is 3.14. The molecule has 0 radical (unpaired) electrons. The van der Waals surface area contributed by atoms with Crippen LogP contribution in [0.2, 0.25) is 0 Å². The number of aromatic nitrogens is 3. The highest BCUT2D eigenvalue weighted by Crippen LogP contribution is 2.36. The third-order valence-corrected chi connectivity index (χ3v) is 5.24. The molecule has 0 unspecified atom stereocenters. The summed E-state index contributed by atoms with van der Waals surface area (Å²) in [6.45, 7) is 2.37. The summed E-state index contributed by atoms with van der Waals surface area (Å²) in [6, 6.07) is 14.3. The molecule has 2 N–H and O–H groups in total. The quantitative estimate of drug-likeness (QED) is 0.511. The summed E-state index contributed by atoms with van der Waals surface area (Å²) < 4.78 is 18.6. The molecule has 0 saturated heterocycles. The number of ether oxygens (including phenoxy) is 1. The summed E-state index contributed by atoms with van der Waals surface area (Å²) in [5, 5.41) is 12.0. The Balaban J connectivity index is 1.54. The maximum absolute atomic E-state index is 13.3. The van der Waals surface area contributed by atoms with Crippen LogP contribution in [-0.4, -0.2) is 34.7 Å². The highest BCUT2D eigenvalue weighted by molar-refractivity contribution is 6.23. The second-order valence-corrected chi connectivity index (χ2v) is 7.33. The number of aryl methyl sites for hydroxylation is 1. The number of pyridine rings is 1. The van der Waals surface area contributed by atoms with Crippen molar-refractivity contribution in [3.8, 4) is 11.3 Å². The molecular formula is C23H20FN5O. The second-order valence-electron chi connectivity index (χ2n) is 7.33. The number of H-pyrrole nitrogens is 1. The summed E-state index contributed by atoms with van der Waals surface area (Å²) in [4.78, 5) is 9.10. The zero-order valence-corrected chi connectivity index (χ0v) is 16.6. The van der Waals surface area contributed by atoms with Gasteiger partial charge in [0.15, 0.2) is 0 Å². The molecule has 1 aliphatic rings. The largest absolute Gasteiger partial charge is 0.382 e. The van der Waals surface area contributed by atoms with Gasteiger partial charge in [0.05, 0.1) is 17.8 Å². The van der Waals surface area contributed by atoms with E-state index in [-0.39, 0.29) is 11.9 Å². The normalized spacial score (nSPS) is 15.0. The minimum atomic E-state index is -0.268. The molecule has 0 fully saturated rings. The number of rotatable bonds is 5. The lowest BCUT2D eigenvalue weighted by molar-refractivity contribution is 0.181. The van der Waals surface area contributed by atoms with E-state index in [1.165, 1.54) is 12.1 Å². The fourth-order valence-corrected chi connectivity index (χ4v) is 3.72. The molecule has 2 aromatic carbocycles. The highest BCUT2D eigenvalue weighted by Gasteiger charge is 2.25. The number of methoxy groups -OCH3 is 1. The number of amidine groups is 1. The van der Waals surface area contributed by atoms with Gasteiger partial charge in [0.2, 0.25) is 0 Å². The molecule has 0 spiro atoms. The number of anilines is 1. The van der Waals surface area contributed by atoms with Crippen molar-refractivity contribution in [3.63, 3.8) is 0 Å². The first kappa shape index (κ1) is 18.4. The minimum Gasteiger partial charge on any atom is -0.382 e. The number of fused-ring (bicyclic) bond motifs is 2. The standard InChI is InChI=1S/C23H20FN5O/c1-13-9-15(7-8-25-13)22-17-10-18-19(11-20(17)28-29-22)26-23(18)27-21(12-30-2)14-3-5-16(24)6-4-14/h3-11,21H,12H2,1-2H3,(H,26,27)(H,28,29)/t21-/m1/s1. The molecule has 150 valence electrons. The number of aromatic amines is 1. The lowest BCUT2D eigenvalue weighted by atomic mass is 9.99. The van der Waals surface area contributed by atoms with Crippen LogP contribution in [-0.2, 0) is 4.74 Å². The van der Waals surface area contributed by atoms with Crippen molar-refractivity contribution in [1.82, 2.24) is 15.2 Å². The van der Waals surface area contributed by atoms with E-state index < -0.39 is 0 Å². The lowest BCUT2D eigenvalue weighted by Gasteiger charge is -2.26. The Morgan fingerprint density at radius 3 is 2.73 bits per heavy atom. The van der Waals surface area contributed by atoms with Crippen LogP contribution < -0.4 is 5.32 Å². The van der Waals surface area contributed by atoms with Crippen molar-refractivity contribution >= 4 is 22.4 Å². The van der Waals surface area contributed by atoms with Crippen molar-refractivity contribution in [2.45, 2.75) is 13.0 Å². The van der Waals surface area contributed by atoms with E-state index in [1.807, 2.05) is 25.1 Å². The van der Waals surface area contributed by atoms with Crippen molar-refractivity contribution in [2.75, 3.05) is 19.0 Å². The van der Waals surface area contributed by atoms with Crippen LogP contribution in [0, 0.1) is 12.7 Å². The number of nitrogens with zero attached hydrogens (tertiary/aromatic N) is 3. The monoisotopic (exact) mass is 401 g/mol. The first-order chi connectivity index (χ1) is 14.6. The molecule has 4 aromatic rings. The molecular weight excluding hydrogens is 381 g/mol. The van der Waals surface area contributed by atoms with Gasteiger partial charge in [-0.25, -0.2) is 4.39 Å². The maximum Gasteiger partial charge on any atom is 0.135 e. The number of nitrogens with one attached hydrogen (secondary N) is 2. The Bertz CT molecular complexity index is 1260. The molecule has 3 heterocycles. The van der Waals surface area contributed by atoms with Crippen molar-refractivity contribution in [1.29, 1.82) is 0 Å². The van der Waals surface area contributed by atoms with Gasteiger partial charge >= 0.3 is 0 Å². The topological polar surface area (TPSA) is 75.2 Å². The number of aliphatic imine (C=N–C) groups is 1. The zero-order chi connectivity index (χ0) is 20.7. The predicted octanol–water partition coefficient (Wildman–Crippen LogP) is 4.63. The van der Waals surface area contributed by atoms with E-state index in [4.69, 9.17) is 9.73 Å². The van der Waals surface area contributed by atoms with Gasteiger partial charge in [0.25, 0.3) is 0 Å². The van der Waals surface area contributed by atoms with Crippen LogP contribution in [0.1, 0.15) is 22.9 Å². The van der Waals surface area contributed by atoms with E-state index in [1.54, 1.807) is 25.4 Å². The summed E-state index contributed by atoms with van der Waals surface area (Å²) >= 11 is 0. The van der Waals surface area contributed by atoms with Crippen LogP contribution in [0.25, 0.3) is 22.2 Å². The van der Waals surface area contributed by atoms with Crippen LogP contribution in [0.5, 0.6) is 0 Å². The minimum absolute atomic E-state index is 0.228. The molecule has 0 bridgehead atoms. The molecule has 0 amide bonds. The molecule has 30 heavy (non-hydrogen) atoms. The van der Waals surface area contributed by atoms with Crippen LogP contribution in [0.3, 0.4) is 0 Å². The molecule has 5 rings (SSSR count). The average molecular weight is 401 g/mol. The highest BCUT2D eigenvalue weighted by atomic mass is 19.1. The number of hydrogen-bond donors (Lipinski definition) is 2. The van der Waals surface area contributed by atoms with Gasteiger partial charge in [-0.2, -0.15) is 5.10 Å². The van der Waals surface area contributed by atoms with Crippen LogP contribution in [0.15, 0.2) is 59.7 Å². The Morgan fingerprint density at radius 2 is 1.97 bits per heavy atom. The molecule has 7 heteroatoms. The Kier molecular flexibility index (Phi) is 4.52. The van der Waals surface area contributed by atoms with E-state index in [0.29, 0.717) is 6.61 Å². The Hall–Kier alpha value is -3.58. The SMILES string of the molecule is COC[C@@H](N=C1Nc2cc3[nH]nc(-c4ccnc(C)c4)c3cc21)c1ccc(F)cc1. The van der Waals surface area contributed by atoms with Crippen LogP contribution >= 0.6 is 0 Å². The number of benzene rings is 2. The van der Waals surface area contributed by atoms with Crippen LogP contribution in [0.4, 0.5) is 10.1 Å². The second kappa shape index (κ2) is 7.35. The van der Waals surface area contributed by atoms with Gasteiger partial charge < -0.3 is 10.1 Å². The number of hydrogen-bond acceptors (Lipinski definition) is 4. The fourth-order valence-electron chi connectivity index (χ4n) is 3.72. The first-order valence-corrected chi connectivity index (χ1v) is 9.67. The van der Waals surface area contributed by atoms with Gasteiger partial charge in [-0.15, -0.1) is 0 Å². The molecule has 1 aliphatic heterocycles. The van der Waals surface area contributed by atoms with Gasteiger partial charge in [-0.3, -0.25) is 15.1 Å². The molecule has 0 saturated carbocycles. The summed E-state index contributed by atoms with van der Waals surface area (Å²) in [5.41, 5.74) is 6.73.